The zero-order chi connectivity index (χ0) is 10.1. The highest BCUT2D eigenvalue weighted by Crippen LogP contribution is 2.44. The molecule has 1 aliphatic rings. The first-order valence-corrected chi connectivity index (χ1v) is 5.25. The van der Waals surface area contributed by atoms with Gasteiger partial charge in [0.25, 0.3) is 0 Å². The van der Waals surface area contributed by atoms with E-state index < -0.39 is 12.3 Å². The third kappa shape index (κ3) is 2.41. The molecule has 0 N–H and O–H groups in total. The Hall–Kier alpha value is -0.140. The van der Waals surface area contributed by atoms with E-state index in [2.05, 4.69) is 20.8 Å². The van der Waals surface area contributed by atoms with E-state index in [9.17, 15) is 8.78 Å². The van der Waals surface area contributed by atoms with Gasteiger partial charge in [0.05, 0.1) is 0 Å². The SMILES string of the molecule is CCCC(C)(C)C1C[C@@H](F)[C@H](F)C1. The average Bonchev–Trinajstić information content (AvgIpc) is 2.33. The van der Waals surface area contributed by atoms with Gasteiger partial charge in [-0.15, -0.1) is 0 Å². The second kappa shape index (κ2) is 3.93. The molecule has 0 bridgehead atoms. The van der Waals surface area contributed by atoms with Gasteiger partial charge in [0.1, 0.15) is 12.3 Å². The van der Waals surface area contributed by atoms with Crippen LogP contribution in [0.2, 0.25) is 0 Å². The smallest absolute Gasteiger partial charge is 0.131 e. The van der Waals surface area contributed by atoms with Gasteiger partial charge in [0.2, 0.25) is 0 Å². The molecule has 0 aromatic heterocycles. The second-order valence-electron chi connectivity index (χ2n) is 4.94. The Labute approximate surface area is 79.7 Å². The Morgan fingerprint density at radius 3 is 2.00 bits per heavy atom. The van der Waals surface area contributed by atoms with Gasteiger partial charge < -0.3 is 0 Å². The van der Waals surface area contributed by atoms with E-state index in [4.69, 9.17) is 0 Å². The molecule has 2 heteroatoms. The Kier molecular flexibility index (Phi) is 3.31. The van der Waals surface area contributed by atoms with Gasteiger partial charge >= 0.3 is 0 Å². The molecule has 0 saturated heterocycles. The summed E-state index contributed by atoms with van der Waals surface area (Å²) in [4.78, 5) is 0. The summed E-state index contributed by atoms with van der Waals surface area (Å²) in [6, 6.07) is 0. The van der Waals surface area contributed by atoms with Crippen LogP contribution in [0, 0.1) is 11.3 Å². The van der Waals surface area contributed by atoms with Crippen molar-refractivity contribution in [2.75, 3.05) is 0 Å². The van der Waals surface area contributed by atoms with Crippen LogP contribution in [0.15, 0.2) is 0 Å². The van der Waals surface area contributed by atoms with Crippen LogP contribution in [-0.2, 0) is 0 Å². The first-order chi connectivity index (χ1) is 5.97. The molecule has 0 spiro atoms. The summed E-state index contributed by atoms with van der Waals surface area (Å²) in [5.41, 5.74) is 0.111. The van der Waals surface area contributed by atoms with E-state index >= 15 is 0 Å². The van der Waals surface area contributed by atoms with Crippen LogP contribution >= 0.6 is 0 Å². The molecule has 0 aliphatic heterocycles. The summed E-state index contributed by atoms with van der Waals surface area (Å²) in [6.07, 6.45) is 0.596. The maximum absolute atomic E-state index is 13.0. The molecule has 0 aromatic rings. The lowest BCUT2D eigenvalue weighted by Gasteiger charge is -2.31. The maximum Gasteiger partial charge on any atom is 0.131 e. The fourth-order valence-corrected chi connectivity index (χ4v) is 2.42. The largest absolute Gasteiger partial charge is 0.244 e. The molecule has 1 aliphatic carbocycles. The normalized spacial score (nSPS) is 31.2. The number of rotatable bonds is 3. The van der Waals surface area contributed by atoms with E-state index in [1.807, 2.05) is 0 Å². The van der Waals surface area contributed by atoms with Crippen molar-refractivity contribution in [2.24, 2.45) is 11.3 Å². The predicted octanol–water partition coefficient (Wildman–Crippen LogP) is 3.90. The summed E-state index contributed by atoms with van der Waals surface area (Å²) in [5, 5.41) is 0. The van der Waals surface area contributed by atoms with Crippen LogP contribution in [0.4, 0.5) is 8.78 Å². The molecule has 0 aromatic carbocycles. The molecule has 0 unspecified atom stereocenters. The van der Waals surface area contributed by atoms with Crippen molar-refractivity contribution < 1.29 is 8.78 Å². The number of hydrogen-bond acceptors (Lipinski definition) is 0. The fourth-order valence-electron chi connectivity index (χ4n) is 2.42. The summed E-state index contributed by atoms with van der Waals surface area (Å²) in [7, 11) is 0. The van der Waals surface area contributed by atoms with Crippen molar-refractivity contribution in [3.63, 3.8) is 0 Å². The van der Waals surface area contributed by atoms with Gasteiger partial charge in [-0.25, -0.2) is 8.78 Å². The molecule has 13 heavy (non-hydrogen) atoms. The quantitative estimate of drug-likeness (QED) is 0.633. The van der Waals surface area contributed by atoms with Crippen LogP contribution < -0.4 is 0 Å². The Balaban J connectivity index is 2.53. The highest BCUT2D eigenvalue weighted by Gasteiger charge is 2.41. The Morgan fingerprint density at radius 1 is 1.15 bits per heavy atom. The van der Waals surface area contributed by atoms with Crippen LogP contribution in [-0.4, -0.2) is 12.3 Å². The minimum absolute atomic E-state index is 0.111. The molecule has 1 saturated carbocycles. The van der Waals surface area contributed by atoms with Crippen LogP contribution in [0.1, 0.15) is 46.5 Å². The number of hydrogen-bond donors (Lipinski definition) is 0. The summed E-state index contributed by atoms with van der Waals surface area (Å²) in [5.74, 6) is 0.234. The third-order valence-electron chi connectivity index (χ3n) is 3.41. The van der Waals surface area contributed by atoms with Crippen LogP contribution in [0.25, 0.3) is 0 Å². The van der Waals surface area contributed by atoms with E-state index in [0.29, 0.717) is 12.8 Å². The molecule has 1 fully saturated rings. The third-order valence-corrected chi connectivity index (χ3v) is 3.41. The van der Waals surface area contributed by atoms with Crippen molar-refractivity contribution >= 4 is 0 Å². The summed E-state index contributed by atoms with van der Waals surface area (Å²) in [6.45, 7) is 6.38. The van der Waals surface area contributed by atoms with Gasteiger partial charge in [-0.05, 0) is 30.6 Å². The molecular formula is C11H20F2. The van der Waals surface area contributed by atoms with Crippen LogP contribution in [0.5, 0.6) is 0 Å². The molecule has 2 atom stereocenters. The Morgan fingerprint density at radius 2 is 1.62 bits per heavy atom. The molecule has 1 rings (SSSR count). The topological polar surface area (TPSA) is 0 Å². The maximum atomic E-state index is 13.0. The fraction of sp³-hybridized carbons (Fsp3) is 1.00. The van der Waals surface area contributed by atoms with E-state index in [0.717, 1.165) is 12.8 Å². The van der Waals surface area contributed by atoms with Crippen molar-refractivity contribution in [1.29, 1.82) is 0 Å². The average molecular weight is 190 g/mol. The van der Waals surface area contributed by atoms with E-state index in [1.165, 1.54) is 0 Å². The van der Waals surface area contributed by atoms with Crippen molar-refractivity contribution in [3.05, 3.63) is 0 Å². The number of alkyl halides is 2. The van der Waals surface area contributed by atoms with E-state index in [1.54, 1.807) is 0 Å². The summed E-state index contributed by atoms with van der Waals surface area (Å²) >= 11 is 0. The number of halogens is 2. The Bertz CT molecular complexity index is 155. The van der Waals surface area contributed by atoms with Crippen molar-refractivity contribution in [2.45, 2.75) is 58.8 Å². The molecular weight excluding hydrogens is 170 g/mol. The van der Waals surface area contributed by atoms with E-state index in [-0.39, 0.29) is 11.3 Å². The summed E-state index contributed by atoms with van der Waals surface area (Å²) < 4.78 is 25.9. The molecule has 0 heterocycles. The second-order valence-corrected chi connectivity index (χ2v) is 4.94. The van der Waals surface area contributed by atoms with Crippen molar-refractivity contribution in [3.8, 4) is 0 Å². The lowest BCUT2D eigenvalue weighted by atomic mass is 9.74. The van der Waals surface area contributed by atoms with Gasteiger partial charge in [0.15, 0.2) is 0 Å². The van der Waals surface area contributed by atoms with Gasteiger partial charge in [0, 0.05) is 0 Å². The zero-order valence-electron chi connectivity index (χ0n) is 8.82. The zero-order valence-corrected chi connectivity index (χ0v) is 8.82. The molecule has 0 amide bonds. The van der Waals surface area contributed by atoms with Gasteiger partial charge in [-0.3, -0.25) is 0 Å². The lowest BCUT2D eigenvalue weighted by molar-refractivity contribution is 0.184. The highest BCUT2D eigenvalue weighted by atomic mass is 19.2. The minimum Gasteiger partial charge on any atom is -0.244 e. The lowest BCUT2D eigenvalue weighted by Crippen LogP contribution is -2.22. The van der Waals surface area contributed by atoms with Crippen LogP contribution in [0.3, 0.4) is 0 Å². The highest BCUT2D eigenvalue weighted by molar-refractivity contribution is 4.90. The first-order valence-electron chi connectivity index (χ1n) is 5.25. The standard InChI is InChI=1S/C11H20F2/c1-4-5-11(2,3)8-6-9(12)10(13)7-8/h8-10H,4-7H2,1-3H3/t9-,10-/m1/s1. The molecule has 0 radical (unpaired) electrons. The predicted molar refractivity (Wildman–Crippen MR) is 51.2 cm³/mol. The molecule has 0 nitrogen and oxygen atoms in total. The van der Waals surface area contributed by atoms with Gasteiger partial charge in [-0.2, -0.15) is 0 Å². The van der Waals surface area contributed by atoms with Crippen molar-refractivity contribution in [1.82, 2.24) is 0 Å². The van der Waals surface area contributed by atoms with Gasteiger partial charge in [-0.1, -0.05) is 27.2 Å². The molecule has 78 valence electrons. The monoisotopic (exact) mass is 190 g/mol. The first kappa shape index (κ1) is 10.9. The minimum atomic E-state index is -1.21.